The van der Waals surface area contributed by atoms with E-state index in [0.29, 0.717) is 23.6 Å². The maximum Gasteiger partial charge on any atom is 0.358 e. The monoisotopic (exact) mass is 270 g/mol. The molecule has 2 N–H and O–H groups in total. The third-order valence-corrected chi connectivity index (χ3v) is 4.49. The third-order valence-electron chi connectivity index (χ3n) is 3.32. The molecule has 0 bridgehead atoms. The first-order chi connectivity index (χ1) is 8.70. The molecule has 0 amide bonds. The molecular weight excluding hydrogens is 252 g/mol. The normalized spacial score (nSPS) is 24.1. The molecule has 100 valence electrons. The van der Waals surface area contributed by atoms with Gasteiger partial charge in [0.2, 0.25) is 0 Å². The second-order valence-corrected chi connectivity index (χ2v) is 5.61. The summed E-state index contributed by atoms with van der Waals surface area (Å²) in [5.41, 5.74) is -0.0307. The summed E-state index contributed by atoms with van der Waals surface area (Å²) < 4.78 is 4.99. The van der Waals surface area contributed by atoms with Crippen molar-refractivity contribution in [2.45, 2.75) is 43.5 Å². The summed E-state index contributed by atoms with van der Waals surface area (Å²) in [6.07, 6.45) is 7.11. The molecule has 1 aliphatic carbocycles. The van der Waals surface area contributed by atoms with Crippen LogP contribution in [0.2, 0.25) is 0 Å². The van der Waals surface area contributed by atoms with Gasteiger partial charge in [-0.25, -0.2) is 4.79 Å². The average molecular weight is 270 g/mol. The van der Waals surface area contributed by atoms with Crippen molar-refractivity contribution in [3.05, 3.63) is 17.5 Å². The topological polar surface area (TPSA) is 75.4 Å². The highest BCUT2D eigenvalue weighted by molar-refractivity contribution is 7.99. The second-order valence-electron chi connectivity index (χ2n) is 4.53. The summed E-state index contributed by atoms with van der Waals surface area (Å²) in [6.45, 7) is 0.544. The van der Waals surface area contributed by atoms with E-state index in [2.05, 4.69) is 16.7 Å². The number of hydrogen-bond donors (Lipinski definition) is 2. The predicted molar refractivity (Wildman–Crippen MR) is 69.9 cm³/mol. The second kappa shape index (κ2) is 6.24. The van der Waals surface area contributed by atoms with Gasteiger partial charge >= 0.3 is 5.97 Å². The Bertz CT molecular complexity index is 408. The highest BCUT2D eigenvalue weighted by Gasteiger charge is 2.24. The van der Waals surface area contributed by atoms with Gasteiger partial charge in [-0.3, -0.25) is 0 Å². The van der Waals surface area contributed by atoms with Crippen LogP contribution in [0.1, 0.15) is 41.9 Å². The van der Waals surface area contributed by atoms with Crippen molar-refractivity contribution in [3.8, 4) is 0 Å². The molecule has 1 aliphatic rings. The zero-order chi connectivity index (χ0) is 13.0. The van der Waals surface area contributed by atoms with Crippen LogP contribution in [0.25, 0.3) is 0 Å². The fourth-order valence-corrected chi connectivity index (χ4v) is 3.30. The van der Waals surface area contributed by atoms with E-state index in [9.17, 15) is 4.79 Å². The molecule has 0 radical (unpaired) electrons. The fourth-order valence-electron chi connectivity index (χ4n) is 2.34. The van der Waals surface area contributed by atoms with Crippen molar-refractivity contribution in [2.24, 2.45) is 0 Å². The van der Waals surface area contributed by atoms with E-state index in [1.165, 1.54) is 31.7 Å². The van der Waals surface area contributed by atoms with Crippen LogP contribution in [0.15, 0.2) is 10.6 Å². The Balaban J connectivity index is 1.87. The summed E-state index contributed by atoms with van der Waals surface area (Å²) >= 11 is 1.90. The van der Waals surface area contributed by atoms with E-state index in [4.69, 9.17) is 9.63 Å². The molecule has 6 heteroatoms. The Morgan fingerprint density at radius 2 is 2.39 bits per heavy atom. The largest absolute Gasteiger partial charge is 0.476 e. The van der Waals surface area contributed by atoms with Crippen LogP contribution < -0.4 is 5.32 Å². The highest BCUT2D eigenvalue weighted by atomic mass is 32.2. The Morgan fingerprint density at radius 3 is 3.06 bits per heavy atom. The van der Waals surface area contributed by atoms with E-state index >= 15 is 0 Å². The van der Waals surface area contributed by atoms with Gasteiger partial charge in [0.25, 0.3) is 0 Å². The maximum absolute atomic E-state index is 10.7. The Hall–Kier alpha value is -1.01. The van der Waals surface area contributed by atoms with E-state index in [0.717, 1.165) is 0 Å². The number of carbonyl (C=O) groups is 1. The molecule has 0 spiro atoms. The lowest BCUT2D eigenvalue weighted by Gasteiger charge is -2.30. The van der Waals surface area contributed by atoms with Gasteiger partial charge in [0, 0.05) is 17.4 Å². The number of nitrogens with one attached hydrogen (secondary N) is 1. The van der Waals surface area contributed by atoms with Crippen LogP contribution in [-0.2, 0) is 6.54 Å². The van der Waals surface area contributed by atoms with Gasteiger partial charge in [-0.15, -0.1) is 0 Å². The van der Waals surface area contributed by atoms with Crippen LogP contribution in [0, 0.1) is 0 Å². The van der Waals surface area contributed by atoms with E-state index < -0.39 is 5.97 Å². The summed E-state index contributed by atoms with van der Waals surface area (Å²) in [5.74, 6) is -0.470. The Labute approximate surface area is 110 Å². The molecule has 0 aromatic carbocycles. The summed E-state index contributed by atoms with van der Waals surface area (Å²) in [5, 5.41) is 16.3. The number of carboxylic acids is 1. The molecule has 2 atom stereocenters. The number of aromatic nitrogens is 1. The number of carboxylic acid groups (broad SMARTS) is 1. The lowest BCUT2D eigenvalue weighted by Crippen LogP contribution is -2.39. The SMILES string of the molecule is CSC1CCCCC1NCc1cc(C(=O)O)no1. The minimum absolute atomic E-state index is 0.0307. The highest BCUT2D eigenvalue weighted by Crippen LogP contribution is 2.27. The van der Waals surface area contributed by atoms with Crippen LogP contribution in [0.4, 0.5) is 0 Å². The van der Waals surface area contributed by atoms with Crippen molar-refractivity contribution in [3.63, 3.8) is 0 Å². The molecule has 0 saturated heterocycles. The van der Waals surface area contributed by atoms with Crippen LogP contribution in [0.3, 0.4) is 0 Å². The molecule has 1 fully saturated rings. The predicted octanol–water partition coefficient (Wildman–Crippen LogP) is 2.14. The molecule has 1 saturated carbocycles. The first-order valence-corrected chi connectivity index (χ1v) is 7.44. The van der Waals surface area contributed by atoms with Crippen molar-refractivity contribution >= 4 is 17.7 Å². The maximum atomic E-state index is 10.7. The number of thioether (sulfide) groups is 1. The van der Waals surface area contributed by atoms with Gasteiger partial charge in [0.15, 0.2) is 11.5 Å². The first kappa shape index (κ1) is 13.4. The van der Waals surface area contributed by atoms with Gasteiger partial charge in [0.1, 0.15) is 0 Å². The Kier molecular flexibility index (Phi) is 4.66. The van der Waals surface area contributed by atoms with E-state index in [-0.39, 0.29) is 5.69 Å². The van der Waals surface area contributed by atoms with Crippen LogP contribution in [-0.4, -0.2) is 33.8 Å². The number of nitrogens with zero attached hydrogens (tertiary/aromatic N) is 1. The van der Waals surface area contributed by atoms with Crippen molar-refractivity contribution in [1.82, 2.24) is 10.5 Å². The molecule has 5 nitrogen and oxygen atoms in total. The molecule has 1 aromatic heterocycles. The fraction of sp³-hybridized carbons (Fsp3) is 0.667. The van der Waals surface area contributed by atoms with Crippen molar-refractivity contribution < 1.29 is 14.4 Å². The van der Waals surface area contributed by atoms with Crippen molar-refractivity contribution in [1.29, 1.82) is 0 Å². The van der Waals surface area contributed by atoms with Gasteiger partial charge in [-0.1, -0.05) is 18.0 Å². The summed E-state index contributed by atoms with van der Waals surface area (Å²) in [6, 6.07) is 1.96. The first-order valence-electron chi connectivity index (χ1n) is 6.15. The minimum Gasteiger partial charge on any atom is -0.476 e. The van der Waals surface area contributed by atoms with Crippen molar-refractivity contribution in [2.75, 3.05) is 6.26 Å². The molecule has 1 heterocycles. The lowest BCUT2D eigenvalue weighted by molar-refractivity contribution is 0.0685. The summed E-state index contributed by atoms with van der Waals surface area (Å²) in [4.78, 5) is 10.7. The molecular formula is C12H18N2O3S. The van der Waals surface area contributed by atoms with Gasteiger partial charge in [0.05, 0.1) is 6.54 Å². The Morgan fingerprint density at radius 1 is 1.61 bits per heavy atom. The molecule has 1 aromatic rings. The van der Waals surface area contributed by atoms with E-state index in [1.807, 2.05) is 11.8 Å². The van der Waals surface area contributed by atoms with Crippen LogP contribution >= 0.6 is 11.8 Å². The molecule has 18 heavy (non-hydrogen) atoms. The zero-order valence-corrected chi connectivity index (χ0v) is 11.2. The van der Waals surface area contributed by atoms with Gasteiger partial charge in [-0.05, 0) is 19.1 Å². The quantitative estimate of drug-likeness (QED) is 0.853. The standard InChI is InChI=1S/C12H18N2O3S/c1-18-11-5-3-2-4-9(11)13-7-8-6-10(12(15)16)14-17-8/h6,9,11,13H,2-5,7H2,1H3,(H,15,16). The lowest BCUT2D eigenvalue weighted by atomic mass is 9.95. The van der Waals surface area contributed by atoms with Gasteiger partial charge < -0.3 is 14.9 Å². The smallest absolute Gasteiger partial charge is 0.358 e. The average Bonchev–Trinajstić information content (AvgIpc) is 2.85. The molecule has 0 aliphatic heterocycles. The van der Waals surface area contributed by atoms with E-state index in [1.54, 1.807) is 0 Å². The number of aromatic carboxylic acids is 1. The summed E-state index contributed by atoms with van der Waals surface area (Å²) in [7, 11) is 0. The number of rotatable bonds is 5. The number of hydrogen-bond acceptors (Lipinski definition) is 5. The van der Waals surface area contributed by atoms with Crippen LogP contribution in [0.5, 0.6) is 0 Å². The molecule has 2 unspecified atom stereocenters. The zero-order valence-electron chi connectivity index (χ0n) is 10.4. The molecule has 2 rings (SSSR count). The van der Waals surface area contributed by atoms with Gasteiger partial charge in [-0.2, -0.15) is 11.8 Å². The minimum atomic E-state index is -1.05. The third kappa shape index (κ3) is 3.26.